The Balaban J connectivity index is 2.34. The lowest BCUT2D eigenvalue weighted by atomic mass is 10.00. The van der Waals surface area contributed by atoms with Gasteiger partial charge in [-0.2, -0.15) is 0 Å². The maximum Gasteiger partial charge on any atom is 0.312 e. The van der Waals surface area contributed by atoms with Gasteiger partial charge in [-0.25, -0.2) is 0 Å². The predicted octanol–water partition coefficient (Wildman–Crippen LogP) is 1.99. The van der Waals surface area contributed by atoms with E-state index in [4.69, 9.17) is 16.3 Å². The van der Waals surface area contributed by atoms with Crippen LogP contribution in [0.3, 0.4) is 0 Å². The molecule has 0 aliphatic carbocycles. The van der Waals surface area contributed by atoms with Crippen LogP contribution < -0.4 is 10.1 Å². The minimum Gasteiger partial charge on any atom is -0.477 e. The molecule has 0 amide bonds. The molecule has 86 valence electrons. The lowest BCUT2D eigenvalue weighted by Crippen LogP contribution is -2.61. The summed E-state index contributed by atoms with van der Waals surface area (Å²) in [6.07, 6.45) is 0. The summed E-state index contributed by atoms with van der Waals surface area (Å²) in [6.45, 7) is 3.21. The molecule has 0 unspecified atom stereocenters. The van der Waals surface area contributed by atoms with Crippen molar-refractivity contribution in [2.75, 3.05) is 13.1 Å². The number of halogens is 1. The number of nitro groups is 1. The van der Waals surface area contributed by atoms with Crippen LogP contribution in [0.15, 0.2) is 18.2 Å². The van der Waals surface area contributed by atoms with Crippen molar-refractivity contribution in [3.8, 4) is 5.75 Å². The molecule has 1 saturated heterocycles. The summed E-state index contributed by atoms with van der Waals surface area (Å²) in [5, 5.41) is 14.1. The Bertz CT molecular complexity index is 432. The molecule has 0 radical (unpaired) electrons. The molecular weight excluding hydrogens is 232 g/mol. The van der Waals surface area contributed by atoms with Gasteiger partial charge in [-0.3, -0.25) is 10.1 Å². The second-order valence-corrected chi connectivity index (χ2v) is 4.41. The fourth-order valence-electron chi connectivity index (χ4n) is 1.54. The number of hydrogen-bond donors (Lipinski definition) is 1. The fourth-order valence-corrected chi connectivity index (χ4v) is 1.75. The van der Waals surface area contributed by atoms with Crippen molar-refractivity contribution >= 4 is 17.3 Å². The number of nitrogens with zero attached hydrogens (tertiary/aromatic N) is 1. The molecule has 1 aromatic rings. The van der Waals surface area contributed by atoms with Gasteiger partial charge in [0.15, 0.2) is 0 Å². The first-order chi connectivity index (χ1) is 7.52. The molecule has 1 fully saturated rings. The van der Waals surface area contributed by atoms with Gasteiger partial charge in [0, 0.05) is 19.2 Å². The first kappa shape index (κ1) is 11.2. The zero-order valence-electron chi connectivity index (χ0n) is 8.70. The number of rotatable bonds is 3. The van der Waals surface area contributed by atoms with E-state index in [2.05, 4.69) is 5.32 Å². The third-order valence-electron chi connectivity index (χ3n) is 2.49. The number of ether oxygens (including phenoxy) is 1. The quantitative estimate of drug-likeness (QED) is 0.650. The Morgan fingerprint density at radius 3 is 2.75 bits per heavy atom. The number of hydrogen-bond acceptors (Lipinski definition) is 4. The van der Waals surface area contributed by atoms with Crippen molar-refractivity contribution in [3.63, 3.8) is 0 Å². The average Bonchev–Trinajstić information content (AvgIpc) is 2.18. The van der Waals surface area contributed by atoms with E-state index in [1.165, 1.54) is 12.1 Å². The topological polar surface area (TPSA) is 64.4 Å². The molecular formula is C10H11ClN2O3. The van der Waals surface area contributed by atoms with Gasteiger partial charge >= 0.3 is 5.69 Å². The highest BCUT2D eigenvalue weighted by Gasteiger charge is 2.36. The normalized spacial score (nSPS) is 17.6. The maximum absolute atomic E-state index is 10.8. The summed E-state index contributed by atoms with van der Waals surface area (Å²) in [5.41, 5.74) is -0.504. The first-order valence-electron chi connectivity index (χ1n) is 4.84. The molecule has 5 nitrogen and oxygen atoms in total. The van der Waals surface area contributed by atoms with E-state index in [1.807, 2.05) is 6.92 Å². The monoisotopic (exact) mass is 242 g/mol. The fraction of sp³-hybridized carbons (Fsp3) is 0.400. The van der Waals surface area contributed by atoms with Crippen LogP contribution >= 0.6 is 11.6 Å². The molecule has 0 aromatic heterocycles. The molecule has 0 spiro atoms. The van der Waals surface area contributed by atoms with E-state index in [-0.39, 0.29) is 16.5 Å². The van der Waals surface area contributed by atoms with Crippen LogP contribution in [-0.4, -0.2) is 23.6 Å². The van der Waals surface area contributed by atoms with Gasteiger partial charge in [0.25, 0.3) is 0 Å². The summed E-state index contributed by atoms with van der Waals surface area (Å²) in [6, 6.07) is 4.50. The van der Waals surface area contributed by atoms with Gasteiger partial charge in [-0.05, 0) is 13.0 Å². The minimum absolute atomic E-state index is 0.0966. The third kappa shape index (κ3) is 1.96. The highest BCUT2D eigenvalue weighted by Crippen LogP contribution is 2.37. The van der Waals surface area contributed by atoms with Gasteiger partial charge in [-0.1, -0.05) is 17.7 Å². The minimum atomic E-state index is -0.489. The standard InChI is InChI=1S/C10H11ClN2O3/c1-10(5-12-6-10)16-9-7(11)3-2-4-8(9)13(14)15/h2-4,12H,5-6H2,1H3. The SMILES string of the molecule is CC1(Oc2c(Cl)cccc2[N+](=O)[O-])CNC1. The number of nitrogens with one attached hydrogen (secondary N) is 1. The van der Waals surface area contributed by atoms with Crippen LogP contribution in [0.25, 0.3) is 0 Å². The molecule has 1 aliphatic heterocycles. The predicted molar refractivity (Wildman–Crippen MR) is 60.0 cm³/mol. The van der Waals surface area contributed by atoms with Crippen molar-refractivity contribution in [1.82, 2.24) is 5.32 Å². The average molecular weight is 243 g/mol. The smallest absolute Gasteiger partial charge is 0.312 e. The van der Waals surface area contributed by atoms with Crippen molar-refractivity contribution in [2.45, 2.75) is 12.5 Å². The molecule has 16 heavy (non-hydrogen) atoms. The van der Waals surface area contributed by atoms with Gasteiger partial charge in [0.2, 0.25) is 5.75 Å². The third-order valence-corrected chi connectivity index (χ3v) is 2.79. The highest BCUT2D eigenvalue weighted by atomic mass is 35.5. The Labute approximate surface area is 97.5 Å². The Hall–Kier alpha value is -1.33. The highest BCUT2D eigenvalue weighted by molar-refractivity contribution is 6.32. The number of benzene rings is 1. The summed E-state index contributed by atoms with van der Waals surface area (Å²) in [7, 11) is 0. The van der Waals surface area contributed by atoms with Crippen molar-refractivity contribution in [2.24, 2.45) is 0 Å². The van der Waals surface area contributed by atoms with Crippen LogP contribution in [0.4, 0.5) is 5.69 Å². The van der Waals surface area contributed by atoms with E-state index < -0.39 is 10.5 Å². The first-order valence-corrected chi connectivity index (χ1v) is 5.22. The van der Waals surface area contributed by atoms with E-state index >= 15 is 0 Å². The van der Waals surface area contributed by atoms with E-state index in [0.717, 1.165) is 0 Å². The molecule has 1 N–H and O–H groups in total. The van der Waals surface area contributed by atoms with Crippen molar-refractivity contribution in [1.29, 1.82) is 0 Å². The summed E-state index contributed by atoms with van der Waals surface area (Å²) in [5.74, 6) is 0.151. The Morgan fingerprint density at radius 2 is 2.25 bits per heavy atom. The molecule has 1 aliphatic rings. The lowest BCUT2D eigenvalue weighted by Gasteiger charge is -2.39. The molecule has 2 rings (SSSR count). The number of para-hydroxylation sites is 1. The molecule has 0 saturated carbocycles. The van der Waals surface area contributed by atoms with Crippen LogP contribution in [0.1, 0.15) is 6.92 Å². The number of nitro benzene ring substituents is 1. The summed E-state index contributed by atoms with van der Waals surface area (Å²) < 4.78 is 5.62. The van der Waals surface area contributed by atoms with Crippen molar-refractivity contribution < 1.29 is 9.66 Å². The molecule has 6 heteroatoms. The van der Waals surface area contributed by atoms with E-state index in [0.29, 0.717) is 13.1 Å². The largest absolute Gasteiger partial charge is 0.477 e. The van der Waals surface area contributed by atoms with Gasteiger partial charge < -0.3 is 10.1 Å². The van der Waals surface area contributed by atoms with E-state index in [1.54, 1.807) is 6.07 Å². The zero-order valence-corrected chi connectivity index (χ0v) is 9.45. The van der Waals surface area contributed by atoms with Crippen LogP contribution in [0.2, 0.25) is 5.02 Å². The second kappa shape index (κ2) is 3.92. The maximum atomic E-state index is 10.8. The lowest BCUT2D eigenvalue weighted by molar-refractivity contribution is -0.386. The summed E-state index contributed by atoms with van der Waals surface area (Å²) >= 11 is 5.91. The zero-order chi connectivity index (χ0) is 11.8. The van der Waals surface area contributed by atoms with E-state index in [9.17, 15) is 10.1 Å². The summed E-state index contributed by atoms with van der Waals surface area (Å²) in [4.78, 5) is 10.3. The molecule has 1 heterocycles. The second-order valence-electron chi connectivity index (χ2n) is 4.00. The molecule has 0 bridgehead atoms. The Kier molecular flexibility index (Phi) is 2.73. The van der Waals surface area contributed by atoms with Gasteiger partial charge in [0.05, 0.1) is 9.95 Å². The molecule has 1 aromatic carbocycles. The van der Waals surface area contributed by atoms with Crippen LogP contribution in [0.5, 0.6) is 5.75 Å². The van der Waals surface area contributed by atoms with Crippen LogP contribution in [0, 0.1) is 10.1 Å². The molecule has 0 atom stereocenters. The Morgan fingerprint density at radius 1 is 1.56 bits per heavy atom. The van der Waals surface area contributed by atoms with Crippen molar-refractivity contribution in [3.05, 3.63) is 33.3 Å². The van der Waals surface area contributed by atoms with Crippen LogP contribution in [-0.2, 0) is 0 Å². The van der Waals surface area contributed by atoms with Gasteiger partial charge in [0.1, 0.15) is 5.60 Å². The van der Waals surface area contributed by atoms with Gasteiger partial charge in [-0.15, -0.1) is 0 Å².